The van der Waals surface area contributed by atoms with E-state index >= 15 is 0 Å². The highest BCUT2D eigenvalue weighted by atomic mass is 19.1. The number of likely N-dealkylation sites (tertiary alicyclic amines) is 3. The smallest absolute Gasteiger partial charge is 0.242 e. The Labute approximate surface area is 315 Å². The molecule has 3 aromatic rings. The largest absolute Gasteiger partial charge is 0.391 e. The molecular weight excluding hydrogens is 693 g/mol. The Balaban J connectivity index is 1.12. The molecule has 3 aliphatic heterocycles. The zero-order chi connectivity index (χ0) is 37.8. The van der Waals surface area contributed by atoms with E-state index in [0.29, 0.717) is 47.7 Å². The summed E-state index contributed by atoms with van der Waals surface area (Å²) >= 11 is 0. The van der Waals surface area contributed by atoms with E-state index in [1.54, 1.807) is 41.3 Å². The van der Waals surface area contributed by atoms with Gasteiger partial charge < -0.3 is 20.2 Å². The van der Waals surface area contributed by atoms with Crippen molar-refractivity contribution in [2.45, 2.75) is 81.5 Å². The van der Waals surface area contributed by atoms with Gasteiger partial charge in [-0.1, -0.05) is 49.2 Å². The molecule has 0 radical (unpaired) electrons. The summed E-state index contributed by atoms with van der Waals surface area (Å²) in [4.78, 5) is 46.8. The van der Waals surface area contributed by atoms with Gasteiger partial charge in [-0.15, -0.1) is 0 Å². The maximum absolute atomic E-state index is 14.8. The van der Waals surface area contributed by atoms with Crippen molar-refractivity contribution in [1.82, 2.24) is 20.0 Å². The van der Waals surface area contributed by atoms with Crippen LogP contribution in [0.5, 0.6) is 0 Å². The molecule has 8 nitrogen and oxygen atoms in total. The summed E-state index contributed by atoms with van der Waals surface area (Å²) in [6.45, 7) is 3.99. The number of aliphatic hydroxyl groups is 1. The van der Waals surface area contributed by atoms with Gasteiger partial charge in [0.25, 0.3) is 0 Å². The van der Waals surface area contributed by atoms with Crippen LogP contribution in [-0.2, 0) is 19.8 Å². The molecule has 4 fully saturated rings. The third-order valence-corrected chi connectivity index (χ3v) is 12.3. The van der Waals surface area contributed by atoms with Crippen molar-refractivity contribution in [2.24, 2.45) is 11.8 Å². The number of rotatable bonds is 11. The van der Waals surface area contributed by atoms with Crippen molar-refractivity contribution in [3.05, 3.63) is 113 Å². The number of carbonyl (C=O) groups is 2. The number of nitrogens with zero attached hydrogens (tertiary/aromatic N) is 3. The van der Waals surface area contributed by atoms with Gasteiger partial charge in [0.05, 0.1) is 17.7 Å². The lowest BCUT2D eigenvalue weighted by Gasteiger charge is -2.40. The number of benzene rings is 3. The first kappa shape index (κ1) is 38.0. The second-order valence-corrected chi connectivity index (χ2v) is 15.7. The Hall–Kier alpha value is -4.28. The van der Waals surface area contributed by atoms with Crippen LogP contribution in [0, 0.1) is 29.3 Å². The summed E-state index contributed by atoms with van der Waals surface area (Å²) in [5, 5.41) is 14.1. The lowest BCUT2D eigenvalue weighted by Crippen LogP contribution is -2.55. The molecule has 4 aliphatic rings. The van der Waals surface area contributed by atoms with Crippen molar-refractivity contribution >= 4 is 17.8 Å². The van der Waals surface area contributed by atoms with Gasteiger partial charge in [-0.3, -0.25) is 14.5 Å². The Bertz CT molecular complexity index is 1710. The molecule has 286 valence electrons. The molecular formula is C43H49F3N4O4. The van der Waals surface area contributed by atoms with E-state index in [0.717, 1.165) is 38.4 Å². The summed E-state index contributed by atoms with van der Waals surface area (Å²) in [7, 11) is 0. The fourth-order valence-corrected chi connectivity index (χ4v) is 9.44. The first-order valence-corrected chi connectivity index (χ1v) is 19.4. The van der Waals surface area contributed by atoms with Crippen LogP contribution < -0.4 is 5.32 Å². The fraction of sp³-hybridized carbons (Fsp3) is 0.488. The maximum Gasteiger partial charge on any atom is 0.242 e. The number of β-amino-alcohol motifs (C(OH)–C–C–N with tert-alkyl or cyclic N) is 1. The van der Waals surface area contributed by atoms with Crippen LogP contribution in [-0.4, -0.2) is 95.1 Å². The zero-order valence-electron chi connectivity index (χ0n) is 30.6. The number of aliphatic hydroxyl groups excluding tert-OH is 1. The number of hydrogen-bond donors (Lipinski definition) is 2. The summed E-state index contributed by atoms with van der Waals surface area (Å²) < 4.78 is 42.9. The third-order valence-electron chi connectivity index (χ3n) is 12.3. The first-order chi connectivity index (χ1) is 26.1. The van der Waals surface area contributed by atoms with Gasteiger partial charge in [0.2, 0.25) is 11.8 Å². The summed E-state index contributed by atoms with van der Waals surface area (Å²) in [6.07, 6.45) is 5.92. The number of hydrogen-bond acceptors (Lipinski definition) is 6. The number of amides is 2. The normalized spacial score (nSPS) is 23.2. The van der Waals surface area contributed by atoms with Crippen molar-refractivity contribution < 1.29 is 32.7 Å². The molecule has 0 unspecified atom stereocenters. The molecule has 2 N–H and O–H groups in total. The van der Waals surface area contributed by atoms with Crippen molar-refractivity contribution in [3.8, 4) is 0 Å². The van der Waals surface area contributed by atoms with E-state index in [1.165, 1.54) is 62.1 Å². The van der Waals surface area contributed by atoms with Gasteiger partial charge in [-0.25, -0.2) is 18.0 Å². The standard InChI is InChI=1S/C43H49F3N4O4/c44-35-11-5-32(6-12-35)43(33-7-13-36(45)14-8-33,34-9-15-37(46)16-10-34)24-40(53)50-27-38(52)23-39(50)49-22-19-31(28-51)41(49)42(54)47-25-29-17-20-48(21-18-29)26-30-3-1-2-4-30/h5-16,29-30,38-39,41,52H,1-4,17-27H2,(H,47,54)/t38-,39+,41-/m1/s1. The fourth-order valence-electron chi connectivity index (χ4n) is 9.44. The van der Waals surface area contributed by atoms with E-state index in [1.807, 2.05) is 10.8 Å². The number of carbonyl (C=O) groups excluding carboxylic acids is 3. The van der Waals surface area contributed by atoms with Crippen LogP contribution in [0.25, 0.3) is 0 Å². The molecule has 7 rings (SSSR count). The maximum atomic E-state index is 14.8. The molecule has 0 bridgehead atoms. The number of piperidine rings is 1. The molecule has 11 heteroatoms. The quantitative estimate of drug-likeness (QED) is 0.197. The topological polar surface area (TPSA) is 93.2 Å². The average Bonchev–Trinajstić information content (AvgIpc) is 3.95. The van der Waals surface area contributed by atoms with Crippen LogP contribution in [0.1, 0.15) is 74.5 Å². The molecule has 0 aromatic heterocycles. The predicted molar refractivity (Wildman–Crippen MR) is 198 cm³/mol. The molecule has 0 spiro atoms. The van der Waals surface area contributed by atoms with Gasteiger partial charge in [-0.2, -0.15) is 0 Å². The Morgan fingerprint density at radius 1 is 0.778 bits per heavy atom. The predicted octanol–water partition coefficient (Wildman–Crippen LogP) is 5.60. The molecule has 2 amide bonds. The first-order valence-electron chi connectivity index (χ1n) is 19.4. The Kier molecular flexibility index (Phi) is 11.7. The average molecular weight is 743 g/mol. The van der Waals surface area contributed by atoms with Crippen LogP contribution >= 0.6 is 0 Å². The lowest BCUT2D eigenvalue weighted by molar-refractivity contribution is -0.139. The van der Waals surface area contributed by atoms with Crippen LogP contribution in [0.4, 0.5) is 13.2 Å². The number of halogens is 3. The Morgan fingerprint density at radius 3 is 1.83 bits per heavy atom. The molecule has 3 aromatic carbocycles. The molecule has 3 atom stereocenters. The minimum absolute atomic E-state index is 0.0137. The lowest BCUT2D eigenvalue weighted by atomic mass is 9.67. The minimum atomic E-state index is -1.31. The van der Waals surface area contributed by atoms with E-state index < -0.39 is 41.2 Å². The highest BCUT2D eigenvalue weighted by Gasteiger charge is 2.48. The Morgan fingerprint density at radius 2 is 1.31 bits per heavy atom. The summed E-state index contributed by atoms with van der Waals surface area (Å²) in [6, 6.07) is 16.1. The highest BCUT2D eigenvalue weighted by Crippen LogP contribution is 2.44. The van der Waals surface area contributed by atoms with Crippen LogP contribution in [0.15, 0.2) is 78.4 Å². The van der Waals surface area contributed by atoms with E-state index in [2.05, 4.69) is 10.2 Å². The highest BCUT2D eigenvalue weighted by molar-refractivity contribution is 5.88. The molecule has 3 heterocycles. The third kappa shape index (κ3) is 8.05. The monoisotopic (exact) mass is 742 g/mol. The second-order valence-electron chi connectivity index (χ2n) is 15.7. The zero-order valence-corrected chi connectivity index (χ0v) is 30.6. The van der Waals surface area contributed by atoms with E-state index in [9.17, 15) is 32.7 Å². The van der Waals surface area contributed by atoms with Gasteiger partial charge in [0.15, 0.2) is 0 Å². The summed E-state index contributed by atoms with van der Waals surface area (Å²) in [5.74, 6) is 0.974. The van der Waals surface area contributed by atoms with E-state index in [-0.39, 0.29) is 31.2 Å². The SMILES string of the molecule is O=C=C1CCN([C@@H]2C[C@@H](O)CN2C(=O)CC(c2ccc(F)cc2)(c2ccc(F)cc2)c2ccc(F)cc2)[C@H]1C(=O)NCC1CCN(CC2CCCC2)CC1. The molecule has 1 saturated carbocycles. The number of nitrogens with one attached hydrogen (secondary N) is 1. The second kappa shape index (κ2) is 16.6. The summed E-state index contributed by atoms with van der Waals surface area (Å²) in [5.41, 5.74) is 0.584. The van der Waals surface area contributed by atoms with Crippen molar-refractivity contribution in [2.75, 3.05) is 39.3 Å². The minimum Gasteiger partial charge on any atom is -0.391 e. The van der Waals surface area contributed by atoms with Crippen molar-refractivity contribution in [3.63, 3.8) is 0 Å². The van der Waals surface area contributed by atoms with Gasteiger partial charge >= 0.3 is 0 Å². The van der Waals surface area contributed by atoms with Gasteiger partial charge in [-0.05, 0) is 110 Å². The van der Waals surface area contributed by atoms with Crippen LogP contribution in [0.2, 0.25) is 0 Å². The molecule has 1 aliphatic carbocycles. The molecule has 3 saturated heterocycles. The molecule has 54 heavy (non-hydrogen) atoms. The van der Waals surface area contributed by atoms with Gasteiger partial charge in [0.1, 0.15) is 29.4 Å². The van der Waals surface area contributed by atoms with Crippen molar-refractivity contribution in [1.29, 1.82) is 0 Å². The van der Waals surface area contributed by atoms with Gasteiger partial charge in [0, 0.05) is 44.6 Å². The van der Waals surface area contributed by atoms with Crippen LogP contribution in [0.3, 0.4) is 0 Å². The van der Waals surface area contributed by atoms with E-state index in [4.69, 9.17) is 0 Å².